The molecule has 142 valence electrons. The van der Waals surface area contributed by atoms with Gasteiger partial charge in [0, 0.05) is 39.6 Å². The van der Waals surface area contributed by atoms with E-state index >= 15 is 0 Å². The lowest BCUT2D eigenvalue weighted by Gasteiger charge is -2.30. The van der Waals surface area contributed by atoms with Crippen molar-refractivity contribution in [2.45, 2.75) is 31.9 Å². The van der Waals surface area contributed by atoms with Gasteiger partial charge in [0.15, 0.2) is 0 Å². The van der Waals surface area contributed by atoms with Crippen molar-refractivity contribution in [1.82, 2.24) is 14.9 Å². The Hall–Kier alpha value is -2.02. The highest BCUT2D eigenvalue weighted by molar-refractivity contribution is 7.16. The summed E-state index contributed by atoms with van der Waals surface area (Å²) >= 11 is 1.64. The molecule has 0 amide bonds. The summed E-state index contributed by atoms with van der Waals surface area (Å²) in [5.41, 5.74) is 0.571. The smallest absolute Gasteiger partial charge is 0.140 e. The van der Waals surface area contributed by atoms with Gasteiger partial charge in [0.05, 0.1) is 11.0 Å². The molecule has 0 spiro atoms. The average molecular weight is 383 g/mol. The third kappa shape index (κ3) is 3.98. The molecule has 1 aliphatic heterocycles. The quantitative estimate of drug-likeness (QED) is 0.709. The van der Waals surface area contributed by atoms with Crippen LogP contribution in [0.3, 0.4) is 0 Å². The van der Waals surface area contributed by atoms with Crippen molar-refractivity contribution in [1.29, 1.82) is 0 Å². The molecule has 6 heteroatoms. The van der Waals surface area contributed by atoms with E-state index in [-0.39, 0.29) is 0 Å². The van der Waals surface area contributed by atoms with Crippen molar-refractivity contribution in [2.24, 2.45) is 0 Å². The molecule has 2 aromatic heterocycles. The van der Waals surface area contributed by atoms with Crippen molar-refractivity contribution in [2.75, 3.05) is 31.6 Å². The number of hydrogen-bond donors (Lipinski definition) is 1. The van der Waals surface area contributed by atoms with E-state index < -0.39 is 5.60 Å². The number of β-amino-alcohol motifs (C(OH)–C–C–N with tert-alkyl or cyclic N) is 1. The Kier molecular flexibility index (Phi) is 5.12. The number of aryl methyl sites for hydroxylation is 1. The molecule has 1 unspecified atom stereocenters. The second kappa shape index (κ2) is 7.54. The summed E-state index contributed by atoms with van der Waals surface area (Å²) in [6.07, 6.45) is 1.59. The summed E-state index contributed by atoms with van der Waals surface area (Å²) in [5.74, 6) is 1.78. The van der Waals surface area contributed by atoms with Gasteiger partial charge in [-0.25, -0.2) is 9.97 Å². The van der Waals surface area contributed by atoms with E-state index in [1.54, 1.807) is 11.3 Å². The Balaban J connectivity index is 1.48. The zero-order valence-corrected chi connectivity index (χ0v) is 16.7. The van der Waals surface area contributed by atoms with E-state index in [0.717, 1.165) is 47.8 Å². The van der Waals surface area contributed by atoms with Crippen LogP contribution in [0.5, 0.6) is 0 Å². The van der Waals surface area contributed by atoms with E-state index in [2.05, 4.69) is 57.4 Å². The average Bonchev–Trinajstić information content (AvgIpc) is 3.28. The van der Waals surface area contributed by atoms with E-state index in [4.69, 9.17) is 4.98 Å². The lowest BCUT2D eigenvalue weighted by molar-refractivity contribution is 0.0561. The normalized spacial score (nSPS) is 20.4. The van der Waals surface area contributed by atoms with Gasteiger partial charge in [0.25, 0.3) is 0 Å². The number of hydrogen-bond acceptors (Lipinski definition) is 6. The summed E-state index contributed by atoms with van der Waals surface area (Å²) in [6.45, 7) is 5.13. The number of aliphatic hydroxyl groups is 1. The van der Waals surface area contributed by atoms with E-state index in [1.165, 1.54) is 5.56 Å². The zero-order valence-electron chi connectivity index (χ0n) is 15.9. The first-order valence-corrected chi connectivity index (χ1v) is 10.4. The maximum Gasteiger partial charge on any atom is 0.140 e. The summed E-state index contributed by atoms with van der Waals surface area (Å²) < 4.78 is 0. The Morgan fingerprint density at radius 2 is 2.04 bits per heavy atom. The van der Waals surface area contributed by atoms with E-state index in [0.29, 0.717) is 13.1 Å². The Bertz CT molecular complexity index is 913. The molecule has 4 rings (SSSR count). The highest BCUT2D eigenvalue weighted by Gasteiger charge is 2.37. The molecular weight excluding hydrogens is 356 g/mol. The molecule has 1 N–H and O–H groups in total. The highest BCUT2D eigenvalue weighted by atomic mass is 32.1. The Morgan fingerprint density at radius 1 is 1.22 bits per heavy atom. The maximum atomic E-state index is 11.2. The molecule has 1 aromatic carbocycles. The van der Waals surface area contributed by atoms with Crippen molar-refractivity contribution in [3.8, 4) is 0 Å². The number of nitrogens with zero attached hydrogens (tertiary/aromatic N) is 4. The monoisotopic (exact) mass is 382 g/mol. The molecule has 0 bridgehead atoms. The van der Waals surface area contributed by atoms with Crippen molar-refractivity contribution < 1.29 is 5.11 Å². The van der Waals surface area contributed by atoms with Gasteiger partial charge in [-0.15, -0.1) is 11.3 Å². The van der Waals surface area contributed by atoms with Crippen molar-refractivity contribution in [3.63, 3.8) is 0 Å². The van der Waals surface area contributed by atoms with Crippen molar-refractivity contribution >= 4 is 27.4 Å². The standard InChI is InChI=1S/C21H26N4OS/c1-3-18-22-19(17-9-12-27-20(17)23-18)24(2)14-21(26)10-11-25(15-21)13-16-7-5-4-6-8-16/h4-9,12,26H,3,10-11,13-15H2,1-2H3. The lowest BCUT2D eigenvalue weighted by Crippen LogP contribution is -2.44. The van der Waals surface area contributed by atoms with Crippen LogP contribution in [0.15, 0.2) is 41.8 Å². The second-order valence-corrected chi connectivity index (χ2v) is 8.38. The van der Waals surface area contributed by atoms with Gasteiger partial charge >= 0.3 is 0 Å². The van der Waals surface area contributed by atoms with Gasteiger partial charge in [0.1, 0.15) is 16.5 Å². The number of anilines is 1. The number of thiophene rings is 1. The number of fused-ring (bicyclic) bond motifs is 1. The maximum absolute atomic E-state index is 11.2. The molecule has 1 saturated heterocycles. The number of rotatable bonds is 6. The van der Waals surface area contributed by atoms with Crippen LogP contribution >= 0.6 is 11.3 Å². The van der Waals surface area contributed by atoms with Crippen LogP contribution in [0.1, 0.15) is 24.7 Å². The molecule has 0 saturated carbocycles. The first kappa shape index (κ1) is 18.3. The molecule has 1 aliphatic rings. The lowest BCUT2D eigenvalue weighted by atomic mass is 10.0. The minimum Gasteiger partial charge on any atom is -0.387 e. The fraction of sp³-hybridized carbons (Fsp3) is 0.429. The van der Waals surface area contributed by atoms with Crippen molar-refractivity contribution in [3.05, 3.63) is 53.2 Å². The van der Waals surface area contributed by atoms with E-state index in [1.807, 2.05) is 13.1 Å². The SMILES string of the molecule is CCc1nc(N(C)CC2(O)CCN(Cc3ccccc3)C2)c2ccsc2n1. The van der Waals surface area contributed by atoms with Crippen LogP contribution in [-0.4, -0.2) is 52.3 Å². The molecule has 5 nitrogen and oxygen atoms in total. The van der Waals surface area contributed by atoms with Gasteiger partial charge in [-0.2, -0.15) is 0 Å². The number of aromatic nitrogens is 2. The van der Waals surface area contributed by atoms with Gasteiger partial charge < -0.3 is 10.0 Å². The third-order valence-electron chi connectivity index (χ3n) is 5.22. The predicted molar refractivity (Wildman–Crippen MR) is 111 cm³/mol. The molecule has 1 fully saturated rings. The van der Waals surface area contributed by atoms with Gasteiger partial charge in [-0.1, -0.05) is 37.3 Å². The van der Waals surface area contributed by atoms with Gasteiger partial charge in [0.2, 0.25) is 0 Å². The molecule has 3 aromatic rings. The highest BCUT2D eigenvalue weighted by Crippen LogP contribution is 2.30. The second-order valence-electron chi connectivity index (χ2n) is 7.48. The first-order chi connectivity index (χ1) is 13.1. The van der Waals surface area contributed by atoms with E-state index in [9.17, 15) is 5.11 Å². The summed E-state index contributed by atoms with van der Waals surface area (Å²) in [5, 5.41) is 14.3. The summed E-state index contributed by atoms with van der Waals surface area (Å²) in [4.78, 5) is 14.8. The Labute approximate surface area is 164 Å². The molecule has 0 aliphatic carbocycles. The molecule has 0 radical (unpaired) electrons. The summed E-state index contributed by atoms with van der Waals surface area (Å²) in [7, 11) is 2.02. The Morgan fingerprint density at radius 3 is 2.81 bits per heavy atom. The topological polar surface area (TPSA) is 52.5 Å². The minimum atomic E-state index is -0.719. The zero-order chi connectivity index (χ0) is 18.9. The minimum absolute atomic E-state index is 0.573. The van der Waals surface area contributed by atoms with Gasteiger partial charge in [-0.05, 0) is 23.4 Å². The van der Waals surface area contributed by atoms with Crippen LogP contribution < -0.4 is 4.90 Å². The summed E-state index contributed by atoms with van der Waals surface area (Å²) in [6, 6.07) is 12.5. The molecule has 3 heterocycles. The fourth-order valence-corrected chi connectivity index (χ4v) is 4.67. The predicted octanol–water partition coefficient (Wildman–Crippen LogP) is 3.33. The number of benzene rings is 1. The van der Waals surface area contributed by atoms with Crippen LogP contribution in [0.25, 0.3) is 10.2 Å². The van der Waals surface area contributed by atoms with Gasteiger partial charge in [-0.3, -0.25) is 4.90 Å². The fourth-order valence-electron chi connectivity index (χ4n) is 3.89. The molecule has 27 heavy (non-hydrogen) atoms. The molecule has 1 atom stereocenters. The van der Waals surface area contributed by atoms with Crippen LogP contribution in [0.4, 0.5) is 5.82 Å². The largest absolute Gasteiger partial charge is 0.387 e. The van der Waals surface area contributed by atoms with Crippen LogP contribution in [-0.2, 0) is 13.0 Å². The first-order valence-electron chi connectivity index (χ1n) is 9.50. The van der Waals surface area contributed by atoms with Crippen LogP contribution in [0.2, 0.25) is 0 Å². The third-order valence-corrected chi connectivity index (χ3v) is 6.03. The molecular formula is C21H26N4OS. The van der Waals surface area contributed by atoms with Crippen LogP contribution in [0, 0.1) is 0 Å². The number of likely N-dealkylation sites (N-methyl/N-ethyl adjacent to an activating group) is 1. The number of likely N-dealkylation sites (tertiary alicyclic amines) is 1.